The second-order valence-electron chi connectivity index (χ2n) is 4.68. The number of hydrogen-bond donors (Lipinski definition) is 1. The van der Waals surface area contributed by atoms with Crippen molar-refractivity contribution in [3.63, 3.8) is 0 Å². The molecule has 21 heavy (non-hydrogen) atoms. The predicted molar refractivity (Wildman–Crippen MR) is 83.1 cm³/mol. The van der Waals surface area contributed by atoms with E-state index in [0.29, 0.717) is 5.75 Å². The zero-order valence-electron chi connectivity index (χ0n) is 12.5. The average molecular weight is 285 g/mol. The Morgan fingerprint density at radius 2 is 1.76 bits per heavy atom. The molecular formula is C17H19NO3. The number of carbonyl (C=O) groups excluding carboxylic acids is 1. The highest BCUT2D eigenvalue weighted by Crippen LogP contribution is 2.31. The van der Waals surface area contributed by atoms with Gasteiger partial charge in [-0.1, -0.05) is 24.3 Å². The molecule has 0 aliphatic heterocycles. The second kappa shape index (κ2) is 6.79. The van der Waals surface area contributed by atoms with Gasteiger partial charge in [-0.3, -0.25) is 4.79 Å². The Bertz CT molecular complexity index is 623. The molecule has 1 amide bonds. The molecule has 110 valence electrons. The van der Waals surface area contributed by atoms with E-state index in [2.05, 4.69) is 5.32 Å². The lowest BCUT2D eigenvalue weighted by molar-refractivity contribution is -0.115. The molecule has 0 spiro atoms. The van der Waals surface area contributed by atoms with Gasteiger partial charge in [-0.05, 0) is 25.1 Å². The van der Waals surface area contributed by atoms with Crippen LogP contribution in [0.15, 0.2) is 42.5 Å². The Kier molecular flexibility index (Phi) is 4.82. The summed E-state index contributed by atoms with van der Waals surface area (Å²) in [5.74, 6) is 1.36. The molecule has 0 saturated carbocycles. The summed E-state index contributed by atoms with van der Waals surface area (Å²) in [7, 11) is 3.21. The Morgan fingerprint density at radius 3 is 2.38 bits per heavy atom. The minimum absolute atomic E-state index is 0.0796. The van der Waals surface area contributed by atoms with Gasteiger partial charge in [0.2, 0.25) is 5.91 Å². The molecule has 0 aliphatic rings. The first-order valence-electron chi connectivity index (χ1n) is 6.71. The van der Waals surface area contributed by atoms with E-state index >= 15 is 0 Å². The van der Waals surface area contributed by atoms with E-state index in [1.807, 2.05) is 49.4 Å². The standard InChI is InChI=1S/C17H19NO3/c1-12-15(20-2)10-9-13(17(12)21-3)11-16(19)18-14-7-5-4-6-8-14/h4-10H,11H2,1-3H3,(H,18,19). The highest BCUT2D eigenvalue weighted by Gasteiger charge is 2.14. The lowest BCUT2D eigenvalue weighted by Crippen LogP contribution is -2.15. The fraction of sp³-hybridized carbons (Fsp3) is 0.235. The van der Waals surface area contributed by atoms with E-state index in [-0.39, 0.29) is 12.3 Å². The molecule has 1 N–H and O–H groups in total. The molecule has 2 rings (SSSR count). The Hall–Kier alpha value is -2.49. The monoisotopic (exact) mass is 285 g/mol. The molecule has 0 bridgehead atoms. The molecule has 0 saturated heterocycles. The van der Waals surface area contributed by atoms with Crippen LogP contribution >= 0.6 is 0 Å². The summed E-state index contributed by atoms with van der Waals surface area (Å²) in [6.07, 6.45) is 0.253. The lowest BCUT2D eigenvalue weighted by atomic mass is 10.1. The Balaban J connectivity index is 2.16. The molecule has 4 nitrogen and oxygen atoms in total. The lowest BCUT2D eigenvalue weighted by Gasteiger charge is -2.14. The van der Waals surface area contributed by atoms with Gasteiger partial charge in [0.15, 0.2) is 0 Å². The molecule has 0 radical (unpaired) electrons. The van der Waals surface area contributed by atoms with Gasteiger partial charge in [0, 0.05) is 16.8 Å². The highest BCUT2D eigenvalue weighted by atomic mass is 16.5. The first-order chi connectivity index (χ1) is 10.2. The minimum Gasteiger partial charge on any atom is -0.496 e. The van der Waals surface area contributed by atoms with Crippen molar-refractivity contribution in [2.45, 2.75) is 13.3 Å². The summed E-state index contributed by atoms with van der Waals surface area (Å²) >= 11 is 0. The molecule has 2 aromatic carbocycles. The third-order valence-electron chi connectivity index (χ3n) is 3.27. The van der Waals surface area contributed by atoms with E-state index in [4.69, 9.17) is 9.47 Å². The van der Waals surface area contributed by atoms with Crippen LogP contribution in [0.3, 0.4) is 0 Å². The number of nitrogens with one attached hydrogen (secondary N) is 1. The maximum absolute atomic E-state index is 12.1. The number of methoxy groups -OCH3 is 2. The quantitative estimate of drug-likeness (QED) is 0.917. The second-order valence-corrected chi connectivity index (χ2v) is 4.68. The largest absolute Gasteiger partial charge is 0.496 e. The van der Waals surface area contributed by atoms with E-state index in [1.54, 1.807) is 14.2 Å². The number of hydrogen-bond acceptors (Lipinski definition) is 3. The van der Waals surface area contributed by atoms with E-state index in [1.165, 1.54) is 0 Å². The number of para-hydroxylation sites is 1. The number of anilines is 1. The van der Waals surface area contributed by atoms with Crippen LogP contribution in [0, 0.1) is 6.92 Å². The van der Waals surface area contributed by atoms with Gasteiger partial charge in [0.1, 0.15) is 11.5 Å². The van der Waals surface area contributed by atoms with Crippen LogP contribution in [-0.4, -0.2) is 20.1 Å². The smallest absolute Gasteiger partial charge is 0.228 e. The van der Waals surface area contributed by atoms with Gasteiger partial charge in [-0.25, -0.2) is 0 Å². The summed E-state index contributed by atoms with van der Waals surface area (Å²) in [6.45, 7) is 1.91. The maximum atomic E-state index is 12.1. The minimum atomic E-state index is -0.0796. The molecule has 0 fully saturated rings. The normalized spacial score (nSPS) is 10.0. The molecular weight excluding hydrogens is 266 g/mol. The number of rotatable bonds is 5. The zero-order valence-corrected chi connectivity index (χ0v) is 12.5. The third kappa shape index (κ3) is 3.54. The van der Waals surface area contributed by atoms with Crippen molar-refractivity contribution < 1.29 is 14.3 Å². The molecule has 0 aliphatic carbocycles. The predicted octanol–water partition coefficient (Wildman–Crippen LogP) is 3.19. The van der Waals surface area contributed by atoms with E-state index in [0.717, 1.165) is 22.6 Å². The van der Waals surface area contributed by atoms with Crippen molar-refractivity contribution in [2.24, 2.45) is 0 Å². The Labute approximate surface area is 124 Å². The summed E-state index contributed by atoms with van der Waals surface area (Å²) in [4.78, 5) is 12.1. The average Bonchev–Trinajstić information content (AvgIpc) is 2.48. The first kappa shape index (κ1) is 14.9. The number of amides is 1. The number of ether oxygens (including phenoxy) is 2. The van der Waals surface area contributed by atoms with Crippen LogP contribution in [0.2, 0.25) is 0 Å². The molecule has 0 aromatic heterocycles. The van der Waals surface area contributed by atoms with Gasteiger partial charge < -0.3 is 14.8 Å². The summed E-state index contributed by atoms with van der Waals surface area (Å²) in [5.41, 5.74) is 2.51. The van der Waals surface area contributed by atoms with Crippen molar-refractivity contribution >= 4 is 11.6 Å². The third-order valence-corrected chi connectivity index (χ3v) is 3.27. The molecule has 4 heteroatoms. The number of carbonyl (C=O) groups is 1. The molecule has 2 aromatic rings. The van der Waals surface area contributed by atoms with Gasteiger partial charge in [-0.15, -0.1) is 0 Å². The van der Waals surface area contributed by atoms with Crippen LogP contribution < -0.4 is 14.8 Å². The maximum Gasteiger partial charge on any atom is 0.228 e. The highest BCUT2D eigenvalue weighted by molar-refractivity contribution is 5.92. The van der Waals surface area contributed by atoms with Gasteiger partial charge >= 0.3 is 0 Å². The van der Waals surface area contributed by atoms with Crippen molar-refractivity contribution in [2.75, 3.05) is 19.5 Å². The van der Waals surface area contributed by atoms with Crippen molar-refractivity contribution in [1.82, 2.24) is 0 Å². The topological polar surface area (TPSA) is 47.6 Å². The van der Waals surface area contributed by atoms with E-state index < -0.39 is 0 Å². The molecule has 0 unspecified atom stereocenters. The van der Waals surface area contributed by atoms with Gasteiger partial charge in [0.05, 0.1) is 20.6 Å². The fourth-order valence-corrected chi connectivity index (χ4v) is 2.27. The first-order valence-corrected chi connectivity index (χ1v) is 6.71. The molecule has 0 heterocycles. The van der Waals surface area contributed by atoms with Crippen LogP contribution in [0.25, 0.3) is 0 Å². The summed E-state index contributed by atoms with van der Waals surface area (Å²) < 4.78 is 10.7. The van der Waals surface area contributed by atoms with Crippen LogP contribution in [0.4, 0.5) is 5.69 Å². The van der Waals surface area contributed by atoms with Crippen LogP contribution in [0.1, 0.15) is 11.1 Å². The van der Waals surface area contributed by atoms with Crippen LogP contribution in [-0.2, 0) is 11.2 Å². The summed E-state index contributed by atoms with van der Waals surface area (Å²) in [5, 5.41) is 2.86. The fourth-order valence-electron chi connectivity index (χ4n) is 2.27. The van der Waals surface area contributed by atoms with Crippen molar-refractivity contribution in [1.29, 1.82) is 0 Å². The van der Waals surface area contributed by atoms with Gasteiger partial charge in [-0.2, -0.15) is 0 Å². The van der Waals surface area contributed by atoms with E-state index in [9.17, 15) is 4.79 Å². The SMILES string of the molecule is COc1ccc(CC(=O)Nc2ccccc2)c(OC)c1C. The summed E-state index contributed by atoms with van der Waals surface area (Å²) in [6, 6.07) is 13.1. The van der Waals surface area contributed by atoms with Crippen molar-refractivity contribution in [3.05, 3.63) is 53.6 Å². The van der Waals surface area contributed by atoms with Crippen LogP contribution in [0.5, 0.6) is 11.5 Å². The molecule has 0 atom stereocenters. The van der Waals surface area contributed by atoms with Crippen molar-refractivity contribution in [3.8, 4) is 11.5 Å². The van der Waals surface area contributed by atoms with Gasteiger partial charge in [0.25, 0.3) is 0 Å². The Morgan fingerprint density at radius 1 is 1.05 bits per heavy atom. The zero-order chi connectivity index (χ0) is 15.2. The number of benzene rings is 2.